The summed E-state index contributed by atoms with van der Waals surface area (Å²) in [4.78, 5) is 30.6. The molecule has 0 saturated carbocycles. The minimum Gasteiger partial charge on any atom is -0.450 e. The molecule has 3 heterocycles. The van der Waals surface area contributed by atoms with Crippen LogP contribution in [0.5, 0.6) is 5.88 Å². The van der Waals surface area contributed by atoms with E-state index in [-0.39, 0.29) is 18.2 Å². The van der Waals surface area contributed by atoms with Crippen LogP contribution in [-0.4, -0.2) is 39.1 Å². The van der Waals surface area contributed by atoms with Gasteiger partial charge in [0.1, 0.15) is 11.4 Å². The molecule has 2 saturated heterocycles. The van der Waals surface area contributed by atoms with Crippen LogP contribution in [0.25, 0.3) is 0 Å². The Morgan fingerprint density at radius 3 is 2.88 bits per heavy atom. The fourth-order valence-electron chi connectivity index (χ4n) is 3.38. The van der Waals surface area contributed by atoms with Gasteiger partial charge in [0.25, 0.3) is 0 Å². The van der Waals surface area contributed by atoms with E-state index in [0.29, 0.717) is 30.2 Å². The zero-order chi connectivity index (χ0) is 17.5. The first-order valence-electron chi connectivity index (χ1n) is 8.03. The standard InChI is InChI=1S/C17H21ClN2O4/c1-16(2,3)24-15(22)20-12-4-6-17(20,10-13(21)9-12)23-14-8-11(18)5-7-19-14/h5,7-8,12H,4,6,9-10H2,1-3H3. The summed E-state index contributed by atoms with van der Waals surface area (Å²) in [6.45, 7) is 5.44. The van der Waals surface area contributed by atoms with Crippen LogP contribution in [-0.2, 0) is 9.53 Å². The van der Waals surface area contributed by atoms with Gasteiger partial charge in [-0.3, -0.25) is 9.69 Å². The molecule has 6 nitrogen and oxygen atoms in total. The summed E-state index contributed by atoms with van der Waals surface area (Å²) in [6, 6.07) is 3.03. The highest BCUT2D eigenvalue weighted by atomic mass is 35.5. The molecule has 1 aromatic heterocycles. The number of pyridine rings is 1. The molecule has 0 spiro atoms. The minimum absolute atomic E-state index is 0.0827. The molecular weight excluding hydrogens is 332 g/mol. The van der Waals surface area contributed by atoms with Crippen LogP contribution in [0, 0.1) is 0 Å². The van der Waals surface area contributed by atoms with Crippen molar-refractivity contribution in [1.82, 2.24) is 9.88 Å². The molecule has 3 rings (SSSR count). The summed E-state index contributed by atoms with van der Waals surface area (Å²) < 4.78 is 11.6. The van der Waals surface area contributed by atoms with Crippen molar-refractivity contribution in [3.05, 3.63) is 23.4 Å². The predicted octanol–water partition coefficient (Wildman–Crippen LogP) is 3.57. The van der Waals surface area contributed by atoms with E-state index in [2.05, 4.69) is 4.98 Å². The number of halogens is 1. The highest BCUT2D eigenvalue weighted by Crippen LogP contribution is 2.44. The Balaban J connectivity index is 1.91. The number of hydrogen-bond donors (Lipinski definition) is 0. The van der Waals surface area contributed by atoms with E-state index in [9.17, 15) is 9.59 Å². The van der Waals surface area contributed by atoms with Crippen LogP contribution in [0.1, 0.15) is 46.5 Å². The fraction of sp³-hybridized carbons (Fsp3) is 0.588. The van der Waals surface area contributed by atoms with Crippen LogP contribution in [0.15, 0.2) is 18.3 Å². The van der Waals surface area contributed by atoms with E-state index in [4.69, 9.17) is 21.1 Å². The summed E-state index contributed by atoms with van der Waals surface area (Å²) in [5.41, 5.74) is -1.66. The quantitative estimate of drug-likeness (QED) is 0.813. The topological polar surface area (TPSA) is 68.7 Å². The van der Waals surface area contributed by atoms with E-state index < -0.39 is 17.4 Å². The Labute approximate surface area is 146 Å². The molecule has 2 bridgehead atoms. The molecule has 7 heteroatoms. The molecule has 0 aliphatic carbocycles. The number of rotatable bonds is 2. The Bertz CT molecular complexity index is 673. The van der Waals surface area contributed by atoms with Crippen molar-refractivity contribution < 1.29 is 19.1 Å². The summed E-state index contributed by atoms with van der Waals surface area (Å²) in [5.74, 6) is 0.380. The molecule has 1 amide bonds. The van der Waals surface area contributed by atoms with Crippen LogP contribution in [0.2, 0.25) is 5.02 Å². The zero-order valence-corrected chi connectivity index (χ0v) is 14.8. The van der Waals surface area contributed by atoms with Gasteiger partial charge in [-0.25, -0.2) is 9.78 Å². The van der Waals surface area contributed by atoms with Gasteiger partial charge in [0.2, 0.25) is 5.88 Å². The molecule has 24 heavy (non-hydrogen) atoms. The lowest BCUT2D eigenvalue weighted by atomic mass is 9.99. The monoisotopic (exact) mass is 352 g/mol. The van der Waals surface area contributed by atoms with Crippen molar-refractivity contribution in [1.29, 1.82) is 0 Å². The zero-order valence-electron chi connectivity index (χ0n) is 14.0. The van der Waals surface area contributed by atoms with Gasteiger partial charge in [-0.1, -0.05) is 11.6 Å². The third-order valence-corrected chi connectivity index (χ3v) is 4.43. The summed E-state index contributed by atoms with van der Waals surface area (Å²) in [5, 5.41) is 0.483. The van der Waals surface area contributed by atoms with Gasteiger partial charge in [-0.15, -0.1) is 0 Å². The number of hydrogen-bond acceptors (Lipinski definition) is 5. The number of ether oxygens (including phenoxy) is 2. The van der Waals surface area contributed by atoms with Crippen LogP contribution in [0.4, 0.5) is 4.79 Å². The molecule has 0 radical (unpaired) electrons. The number of carbonyl (C=O) groups is 2. The number of Topliss-reactive ketones (excluding diaryl/α,β-unsaturated/α-hetero) is 1. The lowest BCUT2D eigenvalue weighted by molar-refractivity contribution is -0.140. The number of fused-ring (bicyclic) bond motifs is 2. The predicted molar refractivity (Wildman–Crippen MR) is 87.9 cm³/mol. The lowest BCUT2D eigenvalue weighted by Crippen LogP contribution is -2.59. The molecule has 130 valence electrons. The first kappa shape index (κ1) is 17.0. The van der Waals surface area contributed by atoms with Gasteiger partial charge in [-0.05, 0) is 33.3 Å². The number of ketones is 1. The van der Waals surface area contributed by atoms with Gasteiger partial charge in [0, 0.05) is 36.2 Å². The third-order valence-electron chi connectivity index (χ3n) is 4.19. The second kappa shape index (κ2) is 5.92. The Hall–Kier alpha value is -1.82. The molecule has 1 aromatic rings. The number of piperidine rings is 1. The SMILES string of the molecule is CC(C)(C)OC(=O)N1C2CCC1(Oc1cc(Cl)ccn1)CC(=O)C2. The van der Waals surface area contributed by atoms with Crippen molar-refractivity contribution in [3.63, 3.8) is 0 Å². The van der Waals surface area contributed by atoms with Gasteiger partial charge in [0.05, 0.1) is 6.42 Å². The normalized spacial score (nSPS) is 26.4. The second-order valence-corrected chi connectivity index (χ2v) is 7.76. The van der Waals surface area contributed by atoms with Crippen molar-refractivity contribution in [2.45, 2.75) is 63.8 Å². The highest BCUT2D eigenvalue weighted by Gasteiger charge is 2.57. The van der Waals surface area contributed by atoms with E-state index in [0.717, 1.165) is 0 Å². The number of nitrogens with zero attached hydrogens (tertiary/aromatic N) is 2. The first-order chi connectivity index (χ1) is 11.2. The molecule has 0 N–H and O–H groups in total. The fourth-order valence-corrected chi connectivity index (χ4v) is 3.53. The Morgan fingerprint density at radius 2 is 2.21 bits per heavy atom. The average molecular weight is 353 g/mol. The lowest BCUT2D eigenvalue weighted by Gasteiger charge is -2.43. The Morgan fingerprint density at radius 1 is 1.46 bits per heavy atom. The van der Waals surface area contributed by atoms with Crippen molar-refractivity contribution in [2.75, 3.05) is 0 Å². The maximum atomic E-state index is 12.7. The Kier molecular flexibility index (Phi) is 4.20. The molecule has 2 atom stereocenters. The minimum atomic E-state index is -1.04. The van der Waals surface area contributed by atoms with Gasteiger partial charge >= 0.3 is 6.09 Å². The summed E-state index contributed by atoms with van der Waals surface area (Å²) >= 11 is 5.98. The molecule has 2 fully saturated rings. The largest absolute Gasteiger partial charge is 0.450 e. The molecule has 2 aliphatic rings. The number of carbonyl (C=O) groups excluding carboxylic acids is 2. The third kappa shape index (κ3) is 3.34. The highest BCUT2D eigenvalue weighted by molar-refractivity contribution is 6.30. The van der Waals surface area contributed by atoms with Crippen LogP contribution in [0.3, 0.4) is 0 Å². The molecule has 0 aromatic carbocycles. The van der Waals surface area contributed by atoms with Gasteiger partial charge in [0.15, 0.2) is 5.72 Å². The van der Waals surface area contributed by atoms with Crippen molar-refractivity contribution >= 4 is 23.5 Å². The maximum Gasteiger partial charge on any atom is 0.413 e. The molecule has 2 aliphatic heterocycles. The van der Waals surface area contributed by atoms with Gasteiger partial charge < -0.3 is 9.47 Å². The van der Waals surface area contributed by atoms with Crippen molar-refractivity contribution in [3.8, 4) is 5.88 Å². The van der Waals surface area contributed by atoms with Gasteiger partial charge in [-0.2, -0.15) is 0 Å². The van der Waals surface area contributed by atoms with E-state index >= 15 is 0 Å². The summed E-state index contributed by atoms with van der Waals surface area (Å²) in [7, 11) is 0. The van der Waals surface area contributed by atoms with Crippen LogP contribution < -0.4 is 4.74 Å². The first-order valence-corrected chi connectivity index (χ1v) is 8.41. The number of amides is 1. The van der Waals surface area contributed by atoms with E-state index in [1.54, 1.807) is 17.0 Å². The average Bonchev–Trinajstić information content (AvgIpc) is 2.66. The van der Waals surface area contributed by atoms with E-state index in [1.165, 1.54) is 6.20 Å². The number of aromatic nitrogens is 1. The molecule has 2 unspecified atom stereocenters. The smallest absolute Gasteiger partial charge is 0.413 e. The van der Waals surface area contributed by atoms with Crippen molar-refractivity contribution in [2.24, 2.45) is 0 Å². The summed E-state index contributed by atoms with van der Waals surface area (Å²) in [6.07, 6.45) is 2.81. The van der Waals surface area contributed by atoms with Crippen LogP contribution >= 0.6 is 11.6 Å². The second-order valence-electron chi connectivity index (χ2n) is 7.32. The molecular formula is C17H21ClN2O4. The maximum absolute atomic E-state index is 12.7. The van der Waals surface area contributed by atoms with E-state index in [1.807, 2.05) is 20.8 Å².